The number of aromatic nitrogens is 1. The third-order valence-corrected chi connectivity index (χ3v) is 6.65. The molecule has 6 nitrogen and oxygen atoms in total. The van der Waals surface area contributed by atoms with Crippen molar-refractivity contribution in [2.45, 2.75) is 31.2 Å². The molecule has 1 aliphatic heterocycles. The van der Waals surface area contributed by atoms with E-state index in [4.69, 9.17) is 4.74 Å². The van der Waals surface area contributed by atoms with Gasteiger partial charge in [0, 0.05) is 25.5 Å². The van der Waals surface area contributed by atoms with E-state index < -0.39 is 10.0 Å². The van der Waals surface area contributed by atoms with Gasteiger partial charge in [-0.15, -0.1) is 0 Å². The molecule has 7 heteroatoms. The van der Waals surface area contributed by atoms with Crippen molar-refractivity contribution >= 4 is 10.0 Å². The van der Waals surface area contributed by atoms with Crippen LogP contribution >= 0.6 is 0 Å². The number of nitrogens with zero attached hydrogens (tertiary/aromatic N) is 2. The molecule has 1 N–H and O–H groups in total. The Labute approximate surface area is 161 Å². The lowest BCUT2D eigenvalue weighted by atomic mass is 9.97. The van der Waals surface area contributed by atoms with Gasteiger partial charge in [-0.3, -0.25) is 9.88 Å². The second kappa shape index (κ2) is 8.82. The van der Waals surface area contributed by atoms with Crippen LogP contribution in [0.5, 0.6) is 5.75 Å². The summed E-state index contributed by atoms with van der Waals surface area (Å²) in [5.41, 5.74) is 1.90. The molecule has 0 amide bonds. The Bertz CT molecular complexity index is 848. The maximum Gasteiger partial charge on any atom is 0.240 e. The first-order valence-corrected chi connectivity index (χ1v) is 10.7. The molecule has 0 saturated carbocycles. The Morgan fingerprint density at radius 3 is 2.67 bits per heavy atom. The summed E-state index contributed by atoms with van der Waals surface area (Å²) in [6, 6.07) is 9.07. The maximum absolute atomic E-state index is 12.6. The third-order valence-electron chi connectivity index (χ3n) is 5.07. The summed E-state index contributed by atoms with van der Waals surface area (Å²) in [7, 11) is -1.93. The number of piperidine rings is 1. The van der Waals surface area contributed by atoms with E-state index in [1.807, 2.05) is 12.3 Å². The number of methoxy groups -OCH3 is 1. The van der Waals surface area contributed by atoms with E-state index in [0.717, 1.165) is 32.5 Å². The van der Waals surface area contributed by atoms with Gasteiger partial charge in [0.15, 0.2) is 0 Å². The Morgan fingerprint density at radius 1 is 1.26 bits per heavy atom. The average molecular weight is 390 g/mol. The number of benzene rings is 1. The smallest absolute Gasteiger partial charge is 0.240 e. The van der Waals surface area contributed by atoms with Crippen LogP contribution in [-0.4, -0.2) is 45.0 Å². The second-order valence-electron chi connectivity index (χ2n) is 7.06. The van der Waals surface area contributed by atoms with Gasteiger partial charge in [0.2, 0.25) is 10.0 Å². The number of hydrogen-bond acceptors (Lipinski definition) is 5. The molecule has 0 aliphatic carbocycles. The summed E-state index contributed by atoms with van der Waals surface area (Å²) >= 11 is 0. The predicted octanol–water partition coefficient (Wildman–Crippen LogP) is 2.59. The molecule has 0 spiro atoms. The standard InChI is InChI=1S/C20H27N3O3S/c1-16-12-19(26-2)5-6-20(16)27(24,25)22-14-17-7-10-23(11-8-17)15-18-4-3-9-21-13-18/h3-6,9,12-13,17,22H,7-8,10-11,14-15H2,1-2H3. The van der Waals surface area contributed by atoms with Gasteiger partial charge in [-0.25, -0.2) is 13.1 Å². The number of nitrogens with one attached hydrogen (secondary N) is 1. The van der Waals surface area contributed by atoms with E-state index in [9.17, 15) is 8.42 Å². The summed E-state index contributed by atoms with van der Waals surface area (Å²) < 4.78 is 33.2. The molecule has 1 aromatic heterocycles. The average Bonchev–Trinajstić information content (AvgIpc) is 2.68. The van der Waals surface area contributed by atoms with Gasteiger partial charge in [-0.2, -0.15) is 0 Å². The van der Waals surface area contributed by atoms with E-state index in [-0.39, 0.29) is 0 Å². The van der Waals surface area contributed by atoms with Crippen molar-refractivity contribution in [2.24, 2.45) is 5.92 Å². The zero-order valence-corrected chi connectivity index (χ0v) is 16.7. The van der Waals surface area contributed by atoms with Crippen LogP contribution < -0.4 is 9.46 Å². The van der Waals surface area contributed by atoms with Gasteiger partial charge in [0.25, 0.3) is 0 Å². The predicted molar refractivity (Wildman–Crippen MR) is 105 cm³/mol. The molecule has 2 aromatic rings. The number of pyridine rings is 1. The Morgan fingerprint density at radius 2 is 2.04 bits per heavy atom. The van der Waals surface area contributed by atoms with Crippen LogP contribution in [0, 0.1) is 12.8 Å². The van der Waals surface area contributed by atoms with E-state index in [1.54, 1.807) is 38.4 Å². The quantitative estimate of drug-likeness (QED) is 0.788. The van der Waals surface area contributed by atoms with Crippen molar-refractivity contribution in [3.05, 3.63) is 53.9 Å². The highest BCUT2D eigenvalue weighted by Gasteiger charge is 2.23. The number of aryl methyl sites for hydroxylation is 1. The summed E-state index contributed by atoms with van der Waals surface area (Å²) in [6.45, 7) is 5.12. The molecular weight excluding hydrogens is 362 g/mol. The van der Waals surface area contributed by atoms with E-state index in [0.29, 0.717) is 28.7 Å². The van der Waals surface area contributed by atoms with Crippen molar-refractivity contribution in [1.29, 1.82) is 0 Å². The monoisotopic (exact) mass is 389 g/mol. The molecule has 1 fully saturated rings. The first-order chi connectivity index (χ1) is 13.0. The molecule has 1 aliphatic rings. The lowest BCUT2D eigenvalue weighted by Crippen LogP contribution is -2.38. The van der Waals surface area contributed by atoms with Gasteiger partial charge in [0.1, 0.15) is 5.75 Å². The highest BCUT2D eigenvalue weighted by atomic mass is 32.2. The second-order valence-corrected chi connectivity index (χ2v) is 8.80. The number of likely N-dealkylation sites (tertiary alicyclic amines) is 1. The summed E-state index contributed by atoms with van der Waals surface area (Å²) in [5, 5.41) is 0. The van der Waals surface area contributed by atoms with Crippen LogP contribution in [0.4, 0.5) is 0 Å². The topological polar surface area (TPSA) is 71.5 Å². The minimum atomic E-state index is -3.50. The van der Waals surface area contributed by atoms with Crippen LogP contribution in [0.3, 0.4) is 0 Å². The molecule has 146 valence electrons. The van der Waals surface area contributed by atoms with Crippen molar-refractivity contribution in [3.63, 3.8) is 0 Å². The SMILES string of the molecule is COc1ccc(S(=O)(=O)NCC2CCN(Cc3cccnc3)CC2)c(C)c1. The van der Waals surface area contributed by atoms with Crippen molar-refractivity contribution in [2.75, 3.05) is 26.7 Å². The fourth-order valence-corrected chi connectivity index (χ4v) is 4.79. The van der Waals surface area contributed by atoms with Crippen molar-refractivity contribution < 1.29 is 13.2 Å². The van der Waals surface area contributed by atoms with Gasteiger partial charge < -0.3 is 4.74 Å². The van der Waals surface area contributed by atoms with E-state index >= 15 is 0 Å². The number of rotatable bonds is 7. The lowest BCUT2D eigenvalue weighted by Gasteiger charge is -2.32. The van der Waals surface area contributed by atoms with Crippen LogP contribution in [0.2, 0.25) is 0 Å². The van der Waals surface area contributed by atoms with E-state index in [2.05, 4.69) is 20.7 Å². The molecular formula is C20H27N3O3S. The normalized spacial score (nSPS) is 16.4. The van der Waals surface area contributed by atoms with Gasteiger partial charge in [-0.05, 0) is 74.2 Å². The minimum Gasteiger partial charge on any atom is -0.497 e. The fourth-order valence-electron chi connectivity index (χ4n) is 3.45. The molecule has 0 unspecified atom stereocenters. The molecule has 1 saturated heterocycles. The van der Waals surface area contributed by atoms with Gasteiger partial charge in [-0.1, -0.05) is 6.07 Å². The van der Waals surface area contributed by atoms with Crippen molar-refractivity contribution in [1.82, 2.24) is 14.6 Å². The van der Waals surface area contributed by atoms with Crippen LogP contribution in [0.25, 0.3) is 0 Å². The first kappa shape index (κ1) is 19.8. The molecule has 0 bridgehead atoms. The van der Waals surface area contributed by atoms with Crippen LogP contribution in [0.1, 0.15) is 24.0 Å². The Kier molecular flexibility index (Phi) is 6.46. The van der Waals surface area contributed by atoms with Crippen LogP contribution in [-0.2, 0) is 16.6 Å². The lowest BCUT2D eigenvalue weighted by molar-refractivity contribution is 0.178. The number of sulfonamides is 1. The summed E-state index contributed by atoms with van der Waals surface area (Å²) in [4.78, 5) is 6.87. The number of hydrogen-bond donors (Lipinski definition) is 1. The molecule has 27 heavy (non-hydrogen) atoms. The molecule has 0 atom stereocenters. The fraction of sp³-hybridized carbons (Fsp3) is 0.450. The van der Waals surface area contributed by atoms with Crippen LogP contribution in [0.15, 0.2) is 47.6 Å². The highest BCUT2D eigenvalue weighted by Crippen LogP contribution is 2.22. The largest absolute Gasteiger partial charge is 0.497 e. The van der Waals surface area contributed by atoms with Gasteiger partial charge >= 0.3 is 0 Å². The molecule has 0 radical (unpaired) electrons. The molecule has 1 aromatic carbocycles. The zero-order valence-electron chi connectivity index (χ0n) is 15.9. The Hall–Kier alpha value is -1.96. The van der Waals surface area contributed by atoms with E-state index in [1.165, 1.54) is 5.56 Å². The highest BCUT2D eigenvalue weighted by molar-refractivity contribution is 7.89. The third kappa shape index (κ3) is 5.28. The minimum absolute atomic E-state index is 0.317. The van der Waals surface area contributed by atoms with Crippen molar-refractivity contribution in [3.8, 4) is 5.75 Å². The van der Waals surface area contributed by atoms with Gasteiger partial charge in [0.05, 0.1) is 12.0 Å². The maximum atomic E-state index is 12.6. The Balaban J connectivity index is 1.50. The summed E-state index contributed by atoms with van der Waals surface area (Å²) in [6.07, 6.45) is 5.67. The molecule has 3 rings (SSSR count). The first-order valence-electron chi connectivity index (χ1n) is 9.23. The number of ether oxygens (including phenoxy) is 1. The zero-order chi connectivity index (χ0) is 19.3. The summed E-state index contributed by atoms with van der Waals surface area (Å²) in [5.74, 6) is 1.02. The molecule has 2 heterocycles.